The number of anilines is 1. The lowest BCUT2D eigenvalue weighted by Gasteiger charge is -2.06. The van der Waals surface area contributed by atoms with E-state index in [9.17, 15) is 13.2 Å². The van der Waals surface area contributed by atoms with Gasteiger partial charge in [0.1, 0.15) is 0 Å². The Hall–Kier alpha value is -1.93. The molecule has 3 N–H and O–H groups in total. The largest absolute Gasteiger partial charge is 0.369 e. The van der Waals surface area contributed by atoms with Crippen molar-refractivity contribution in [2.24, 2.45) is 5.73 Å². The molecule has 0 fully saturated rings. The highest BCUT2D eigenvalue weighted by Crippen LogP contribution is 2.21. The van der Waals surface area contributed by atoms with Gasteiger partial charge in [-0.2, -0.15) is 0 Å². The molecule has 0 spiro atoms. The van der Waals surface area contributed by atoms with E-state index in [-0.39, 0.29) is 16.4 Å². The van der Waals surface area contributed by atoms with E-state index in [1.807, 2.05) is 0 Å². The molecule has 2 rings (SSSR count). The SMILES string of the molecule is CCCc1ccc(S(=O)(=O)Nc2nc(CC(N)=O)cs2)cc1. The molecule has 1 aromatic carbocycles. The molecule has 118 valence electrons. The fourth-order valence-electron chi connectivity index (χ4n) is 1.91. The first-order valence-corrected chi connectivity index (χ1v) is 9.11. The Morgan fingerprint density at radius 2 is 2.00 bits per heavy atom. The van der Waals surface area contributed by atoms with Crippen molar-refractivity contribution >= 4 is 32.4 Å². The lowest BCUT2D eigenvalue weighted by molar-refractivity contribution is -0.117. The summed E-state index contributed by atoms with van der Waals surface area (Å²) in [6.07, 6.45) is 1.91. The van der Waals surface area contributed by atoms with Gasteiger partial charge in [0.25, 0.3) is 10.0 Å². The zero-order valence-corrected chi connectivity index (χ0v) is 13.7. The van der Waals surface area contributed by atoms with Gasteiger partial charge >= 0.3 is 0 Å². The summed E-state index contributed by atoms with van der Waals surface area (Å²) in [7, 11) is -3.68. The average molecular weight is 339 g/mol. The average Bonchev–Trinajstić information content (AvgIpc) is 2.85. The Morgan fingerprint density at radius 1 is 1.32 bits per heavy atom. The third-order valence-corrected chi connectivity index (χ3v) is 5.19. The Kier molecular flexibility index (Phi) is 5.15. The van der Waals surface area contributed by atoms with Crippen LogP contribution in [0.15, 0.2) is 34.5 Å². The molecule has 1 heterocycles. The van der Waals surface area contributed by atoms with Crippen molar-refractivity contribution in [3.8, 4) is 0 Å². The number of nitrogens with zero attached hydrogens (tertiary/aromatic N) is 1. The molecular formula is C14H17N3O3S2. The Bertz CT molecular complexity index is 752. The highest BCUT2D eigenvalue weighted by molar-refractivity contribution is 7.93. The predicted molar refractivity (Wildman–Crippen MR) is 86.3 cm³/mol. The number of amides is 1. The van der Waals surface area contributed by atoms with E-state index >= 15 is 0 Å². The second-order valence-corrected chi connectivity index (χ2v) is 7.33. The van der Waals surface area contributed by atoms with Gasteiger partial charge in [0, 0.05) is 5.38 Å². The fourth-order valence-corrected chi connectivity index (χ4v) is 3.87. The molecule has 22 heavy (non-hydrogen) atoms. The van der Waals surface area contributed by atoms with Crippen LogP contribution in [0, 0.1) is 0 Å². The lowest BCUT2D eigenvalue weighted by Crippen LogP contribution is -2.15. The quantitative estimate of drug-likeness (QED) is 0.804. The summed E-state index contributed by atoms with van der Waals surface area (Å²) < 4.78 is 26.9. The van der Waals surface area contributed by atoms with Crippen molar-refractivity contribution in [3.05, 3.63) is 40.9 Å². The maximum atomic E-state index is 12.3. The summed E-state index contributed by atoms with van der Waals surface area (Å²) in [6, 6.07) is 6.76. The third-order valence-electron chi connectivity index (χ3n) is 2.90. The standard InChI is InChI=1S/C14H17N3O3S2/c1-2-3-10-4-6-12(7-5-10)22(19,20)17-14-16-11(9-21-14)8-13(15)18/h4-7,9H,2-3,8H2,1H3,(H2,15,18)(H,16,17). The highest BCUT2D eigenvalue weighted by atomic mass is 32.2. The van der Waals surface area contributed by atoms with E-state index in [4.69, 9.17) is 5.73 Å². The summed E-state index contributed by atoms with van der Waals surface area (Å²) in [5.74, 6) is -0.508. The number of aryl methyl sites for hydroxylation is 1. The number of hydrogen-bond acceptors (Lipinski definition) is 5. The van der Waals surface area contributed by atoms with Crippen molar-refractivity contribution in [1.82, 2.24) is 4.98 Å². The number of nitrogens with two attached hydrogens (primary N) is 1. The molecular weight excluding hydrogens is 322 g/mol. The summed E-state index contributed by atoms with van der Waals surface area (Å²) in [6.45, 7) is 2.07. The minimum Gasteiger partial charge on any atom is -0.369 e. The van der Waals surface area contributed by atoms with E-state index in [2.05, 4.69) is 16.6 Å². The monoisotopic (exact) mass is 339 g/mol. The maximum absolute atomic E-state index is 12.3. The molecule has 0 unspecified atom stereocenters. The topological polar surface area (TPSA) is 102 Å². The van der Waals surface area contributed by atoms with Gasteiger partial charge in [-0.3, -0.25) is 9.52 Å². The number of rotatable bonds is 7. The van der Waals surface area contributed by atoms with E-state index in [1.165, 1.54) is 0 Å². The maximum Gasteiger partial charge on any atom is 0.263 e. The van der Waals surface area contributed by atoms with Gasteiger partial charge in [0.05, 0.1) is 17.0 Å². The zero-order chi connectivity index (χ0) is 16.2. The summed E-state index contributed by atoms with van der Waals surface area (Å²) in [5.41, 5.74) is 6.63. The molecule has 0 aliphatic rings. The van der Waals surface area contributed by atoms with Crippen molar-refractivity contribution in [1.29, 1.82) is 0 Å². The first-order valence-electron chi connectivity index (χ1n) is 6.75. The van der Waals surface area contributed by atoms with Crippen molar-refractivity contribution in [2.75, 3.05) is 4.72 Å². The first-order chi connectivity index (χ1) is 10.4. The summed E-state index contributed by atoms with van der Waals surface area (Å²) in [4.78, 5) is 15.0. The normalized spacial score (nSPS) is 11.3. The number of hydrogen-bond donors (Lipinski definition) is 2. The predicted octanol–water partition coefficient (Wildman–Crippen LogP) is 1.92. The van der Waals surface area contributed by atoms with Crippen LogP contribution < -0.4 is 10.5 Å². The van der Waals surface area contributed by atoms with Crippen LogP contribution >= 0.6 is 11.3 Å². The molecule has 0 aliphatic carbocycles. The van der Waals surface area contributed by atoms with Gasteiger partial charge in [-0.1, -0.05) is 25.5 Å². The van der Waals surface area contributed by atoms with Gasteiger partial charge in [0.2, 0.25) is 5.91 Å². The number of primary amides is 1. The van der Waals surface area contributed by atoms with Crippen LogP contribution in [0.3, 0.4) is 0 Å². The smallest absolute Gasteiger partial charge is 0.263 e. The van der Waals surface area contributed by atoms with Crippen LogP contribution in [-0.4, -0.2) is 19.3 Å². The Morgan fingerprint density at radius 3 is 2.59 bits per heavy atom. The molecule has 8 heteroatoms. The van der Waals surface area contributed by atoms with Crippen molar-refractivity contribution in [2.45, 2.75) is 31.1 Å². The van der Waals surface area contributed by atoms with Gasteiger partial charge in [-0.15, -0.1) is 11.3 Å². The molecule has 0 radical (unpaired) electrons. The van der Waals surface area contributed by atoms with Gasteiger partial charge in [-0.05, 0) is 24.1 Å². The molecule has 0 atom stereocenters. The van der Waals surface area contributed by atoms with Gasteiger partial charge in [-0.25, -0.2) is 13.4 Å². The van der Waals surface area contributed by atoms with Crippen molar-refractivity contribution < 1.29 is 13.2 Å². The van der Waals surface area contributed by atoms with Crippen LogP contribution in [0.25, 0.3) is 0 Å². The molecule has 0 aliphatic heterocycles. The number of thiazole rings is 1. The molecule has 2 aromatic rings. The third kappa shape index (κ3) is 4.28. The molecule has 6 nitrogen and oxygen atoms in total. The molecule has 0 bridgehead atoms. The van der Waals surface area contributed by atoms with E-state index in [0.29, 0.717) is 5.69 Å². The second-order valence-electron chi connectivity index (χ2n) is 4.79. The minimum absolute atomic E-state index is 0.00998. The van der Waals surface area contributed by atoms with E-state index in [1.54, 1.807) is 29.6 Å². The first kappa shape index (κ1) is 16.4. The van der Waals surface area contributed by atoms with E-state index in [0.717, 1.165) is 29.7 Å². The molecule has 0 saturated heterocycles. The number of aromatic nitrogens is 1. The molecule has 1 aromatic heterocycles. The molecule has 0 saturated carbocycles. The van der Waals surface area contributed by atoms with Crippen LogP contribution in [0.5, 0.6) is 0 Å². The summed E-state index contributed by atoms with van der Waals surface area (Å²) >= 11 is 1.12. The van der Waals surface area contributed by atoms with Gasteiger partial charge < -0.3 is 5.73 Å². The Balaban J connectivity index is 2.13. The van der Waals surface area contributed by atoms with Gasteiger partial charge in [0.15, 0.2) is 5.13 Å². The fraction of sp³-hybridized carbons (Fsp3) is 0.286. The van der Waals surface area contributed by atoms with Crippen LogP contribution in [0.1, 0.15) is 24.6 Å². The minimum atomic E-state index is -3.68. The summed E-state index contributed by atoms with van der Waals surface area (Å²) in [5, 5.41) is 1.82. The molecule has 1 amide bonds. The second kappa shape index (κ2) is 6.89. The van der Waals surface area contributed by atoms with Crippen molar-refractivity contribution in [3.63, 3.8) is 0 Å². The van der Waals surface area contributed by atoms with Crippen LogP contribution in [-0.2, 0) is 27.7 Å². The number of sulfonamides is 1. The number of benzene rings is 1. The van der Waals surface area contributed by atoms with Crippen LogP contribution in [0.2, 0.25) is 0 Å². The Labute approximate surface area is 133 Å². The number of carbonyl (C=O) groups is 1. The lowest BCUT2D eigenvalue weighted by atomic mass is 10.1. The number of nitrogens with one attached hydrogen (secondary N) is 1. The zero-order valence-electron chi connectivity index (χ0n) is 12.1. The highest BCUT2D eigenvalue weighted by Gasteiger charge is 2.16. The van der Waals surface area contributed by atoms with E-state index < -0.39 is 15.9 Å². The van der Waals surface area contributed by atoms with Crippen LogP contribution in [0.4, 0.5) is 5.13 Å². The number of carbonyl (C=O) groups excluding carboxylic acids is 1.